The third-order valence-electron chi connectivity index (χ3n) is 4.20. The Bertz CT molecular complexity index is 521. The van der Waals surface area contributed by atoms with E-state index in [0.29, 0.717) is 5.92 Å². The maximum Gasteiger partial charge on any atom is 0.407 e. The van der Waals surface area contributed by atoms with Crippen LogP contribution in [0, 0.1) is 5.92 Å². The number of hydrogen-bond acceptors (Lipinski definition) is 4. The third-order valence-corrected chi connectivity index (χ3v) is 4.20. The van der Waals surface area contributed by atoms with Crippen LogP contribution in [0.2, 0.25) is 0 Å². The van der Waals surface area contributed by atoms with Crippen molar-refractivity contribution < 1.29 is 9.53 Å². The standard InChI is InChI=1S/C17H30N4O2/c1-6-14-10-18-15(20-14)21-9-7-8-13(11-21)12(2)19-16(22)23-17(3,4)5/h10,12-13H,6-9,11H2,1-5H3,(H,18,20)(H,19,22). The summed E-state index contributed by atoms with van der Waals surface area (Å²) in [4.78, 5) is 22.1. The number of amides is 1. The number of rotatable bonds is 4. The molecule has 1 aromatic rings. The molecule has 6 heteroatoms. The van der Waals surface area contributed by atoms with Crippen molar-refractivity contribution in [2.75, 3.05) is 18.0 Å². The van der Waals surface area contributed by atoms with E-state index < -0.39 is 5.60 Å². The number of hydrogen-bond donors (Lipinski definition) is 2. The Morgan fingerprint density at radius 3 is 2.91 bits per heavy atom. The minimum Gasteiger partial charge on any atom is -0.444 e. The van der Waals surface area contributed by atoms with Gasteiger partial charge in [0.15, 0.2) is 0 Å². The van der Waals surface area contributed by atoms with Crippen LogP contribution in [0.25, 0.3) is 0 Å². The molecule has 1 aliphatic rings. The van der Waals surface area contributed by atoms with Crippen molar-refractivity contribution in [3.05, 3.63) is 11.9 Å². The molecule has 0 aromatic carbocycles. The largest absolute Gasteiger partial charge is 0.444 e. The number of nitrogens with one attached hydrogen (secondary N) is 2. The molecule has 0 bridgehead atoms. The Hall–Kier alpha value is -1.72. The van der Waals surface area contributed by atoms with Gasteiger partial charge in [-0.2, -0.15) is 0 Å². The van der Waals surface area contributed by atoms with Crippen molar-refractivity contribution in [1.82, 2.24) is 15.3 Å². The lowest BCUT2D eigenvalue weighted by atomic mass is 9.92. The van der Waals surface area contributed by atoms with Gasteiger partial charge in [0.1, 0.15) is 5.60 Å². The molecule has 1 aliphatic heterocycles. The van der Waals surface area contributed by atoms with Crippen LogP contribution >= 0.6 is 0 Å². The topological polar surface area (TPSA) is 70.2 Å². The molecule has 2 atom stereocenters. The summed E-state index contributed by atoms with van der Waals surface area (Å²) < 4.78 is 5.35. The molecule has 0 radical (unpaired) electrons. The minimum absolute atomic E-state index is 0.0771. The second-order valence-electron chi connectivity index (χ2n) is 7.37. The maximum atomic E-state index is 11.9. The number of carbonyl (C=O) groups is 1. The Kier molecular flexibility index (Phi) is 5.55. The first kappa shape index (κ1) is 17.6. The lowest BCUT2D eigenvalue weighted by molar-refractivity contribution is 0.0489. The van der Waals surface area contributed by atoms with Crippen LogP contribution in [-0.4, -0.2) is 40.8 Å². The number of aromatic amines is 1. The average molecular weight is 322 g/mol. The summed E-state index contributed by atoms with van der Waals surface area (Å²) in [5.74, 6) is 1.34. The lowest BCUT2D eigenvalue weighted by Crippen LogP contribution is -2.47. The van der Waals surface area contributed by atoms with Crippen molar-refractivity contribution in [2.24, 2.45) is 5.92 Å². The molecular weight excluding hydrogens is 292 g/mol. The van der Waals surface area contributed by atoms with Gasteiger partial charge in [-0.15, -0.1) is 0 Å². The number of ether oxygens (including phenoxy) is 1. The van der Waals surface area contributed by atoms with Crippen molar-refractivity contribution >= 4 is 12.0 Å². The molecule has 1 aromatic heterocycles. The number of imidazole rings is 1. The van der Waals surface area contributed by atoms with Gasteiger partial charge in [-0.3, -0.25) is 0 Å². The van der Waals surface area contributed by atoms with Crippen molar-refractivity contribution in [3.8, 4) is 0 Å². The van der Waals surface area contributed by atoms with Gasteiger partial charge in [-0.25, -0.2) is 9.78 Å². The number of carbonyl (C=O) groups excluding carboxylic acids is 1. The van der Waals surface area contributed by atoms with Crippen molar-refractivity contribution in [1.29, 1.82) is 0 Å². The van der Waals surface area contributed by atoms with Gasteiger partial charge >= 0.3 is 6.09 Å². The summed E-state index contributed by atoms with van der Waals surface area (Å²) in [6.45, 7) is 11.7. The molecule has 2 N–H and O–H groups in total. The monoisotopic (exact) mass is 322 g/mol. The molecule has 1 saturated heterocycles. The van der Waals surface area contributed by atoms with Gasteiger partial charge < -0.3 is 19.9 Å². The Labute approximate surface area is 139 Å². The summed E-state index contributed by atoms with van der Waals surface area (Å²) >= 11 is 0. The molecule has 2 heterocycles. The van der Waals surface area contributed by atoms with E-state index in [9.17, 15) is 4.79 Å². The van der Waals surface area contributed by atoms with E-state index >= 15 is 0 Å². The van der Waals surface area contributed by atoms with E-state index in [1.54, 1.807) is 0 Å². The Balaban J connectivity index is 1.91. The van der Waals surface area contributed by atoms with Crippen LogP contribution in [0.4, 0.5) is 10.7 Å². The molecule has 2 rings (SSSR count). The fourth-order valence-corrected chi connectivity index (χ4v) is 2.91. The van der Waals surface area contributed by atoms with Gasteiger partial charge in [0, 0.05) is 24.8 Å². The highest BCUT2D eigenvalue weighted by molar-refractivity contribution is 5.68. The molecule has 1 amide bonds. The fraction of sp³-hybridized carbons (Fsp3) is 0.765. The zero-order chi connectivity index (χ0) is 17.0. The SMILES string of the molecule is CCc1cnc(N2CCCC(C(C)NC(=O)OC(C)(C)C)C2)[nH]1. The van der Waals surface area contributed by atoms with E-state index in [4.69, 9.17) is 4.74 Å². The smallest absolute Gasteiger partial charge is 0.407 e. The molecule has 1 fully saturated rings. The number of nitrogens with zero attached hydrogens (tertiary/aromatic N) is 2. The summed E-state index contributed by atoms with van der Waals surface area (Å²) in [6.07, 6.45) is 4.73. The summed E-state index contributed by atoms with van der Waals surface area (Å²) in [6, 6.07) is 0.0771. The molecule has 0 aliphatic carbocycles. The Morgan fingerprint density at radius 1 is 1.57 bits per heavy atom. The first-order chi connectivity index (χ1) is 10.8. The molecule has 0 spiro atoms. The highest BCUT2D eigenvalue weighted by atomic mass is 16.6. The van der Waals surface area contributed by atoms with E-state index in [1.165, 1.54) is 0 Å². The highest BCUT2D eigenvalue weighted by Crippen LogP contribution is 2.23. The molecule has 6 nitrogen and oxygen atoms in total. The van der Waals surface area contributed by atoms with Crippen LogP contribution in [0.15, 0.2) is 6.20 Å². The van der Waals surface area contributed by atoms with Crippen LogP contribution < -0.4 is 10.2 Å². The predicted octanol–water partition coefficient (Wildman–Crippen LogP) is 3.10. The zero-order valence-electron chi connectivity index (χ0n) is 15.0. The molecule has 130 valence electrons. The first-order valence-corrected chi connectivity index (χ1v) is 8.57. The molecule has 0 saturated carbocycles. The average Bonchev–Trinajstić information content (AvgIpc) is 2.94. The summed E-state index contributed by atoms with van der Waals surface area (Å²) in [5, 5.41) is 2.98. The van der Waals surface area contributed by atoms with E-state index in [1.807, 2.05) is 27.0 Å². The number of aryl methyl sites for hydroxylation is 1. The Morgan fingerprint density at radius 2 is 2.30 bits per heavy atom. The number of alkyl carbamates (subject to hydrolysis) is 1. The summed E-state index contributed by atoms with van der Waals surface area (Å²) in [7, 11) is 0. The number of aromatic nitrogens is 2. The highest BCUT2D eigenvalue weighted by Gasteiger charge is 2.28. The fourth-order valence-electron chi connectivity index (χ4n) is 2.91. The van der Waals surface area contributed by atoms with Crippen LogP contribution in [0.3, 0.4) is 0 Å². The third kappa shape index (κ3) is 5.15. The molecular formula is C17H30N4O2. The quantitative estimate of drug-likeness (QED) is 0.893. The van der Waals surface area contributed by atoms with Crippen LogP contribution in [-0.2, 0) is 11.2 Å². The lowest BCUT2D eigenvalue weighted by Gasteiger charge is -2.36. The normalized spacial score (nSPS) is 20.2. The van der Waals surface area contributed by atoms with Gasteiger partial charge in [0.2, 0.25) is 5.95 Å². The van der Waals surface area contributed by atoms with Gasteiger partial charge in [-0.1, -0.05) is 6.92 Å². The van der Waals surface area contributed by atoms with E-state index in [2.05, 4.69) is 34.0 Å². The van der Waals surface area contributed by atoms with E-state index in [-0.39, 0.29) is 12.1 Å². The summed E-state index contributed by atoms with van der Waals surface area (Å²) in [5.41, 5.74) is 0.690. The van der Waals surface area contributed by atoms with Gasteiger partial charge in [0.05, 0.1) is 6.20 Å². The van der Waals surface area contributed by atoms with Crippen molar-refractivity contribution in [3.63, 3.8) is 0 Å². The maximum absolute atomic E-state index is 11.9. The molecule has 2 unspecified atom stereocenters. The number of anilines is 1. The van der Waals surface area contributed by atoms with Crippen LogP contribution in [0.5, 0.6) is 0 Å². The van der Waals surface area contributed by atoms with Crippen molar-refractivity contribution in [2.45, 2.75) is 65.5 Å². The first-order valence-electron chi connectivity index (χ1n) is 8.57. The number of H-pyrrole nitrogens is 1. The van der Waals surface area contributed by atoms with Gasteiger partial charge in [-0.05, 0) is 52.9 Å². The zero-order valence-corrected chi connectivity index (χ0v) is 15.0. The molecule has 23 heavy (non-hydrogen) atoms. The van der Waals surface area contributed by atoms with Crippen LogP contribution in [0.1, 0.15) is 53.2 Å². The van der Waals surface area contributed by atoms with Gasteiger partial charge in [0.25, 0.3) is 0 Å². The second kappa shape index (κ2) is 7.23. The number of piperidine rings is 1. The second-order valence-corrected chi connectivity index (χ2v) is 7.37. The predicted molar refractivity (Wildman–Crippen MR) is 91.7 cm³/mol. The minimum atomic E-state index is -0.465. The van der Waals surface area contributed by atoms with E-state index in [0.717, 1.165) is 44.0 Å².